The molecule has 198 valence electrons. The van der Waals surface area contributed by atoms with Gasteiger partial charge in [-0.2, -0.15) is 5.10 Å². The van der Waals surface area contributed by atoms with Crippen LogP contribution in [-0.2, 0) is 14.8 Å². The first-order valence-electron chi connectivity index (χ1n) is 10.9. The van der Waals surface area contributed by atoms with Crippen LogP contribution in [0.1, 0.15) is 11.1 Å². The van der Waals surface area contributed by atoms with Gasteiger partial charge >= 0.3 is 0 Å². The molecule has 0 spiro atoms. The van der Waals surface area contributed by atoms with Crippen molar-refractivity contribution in [1.29, 1.82) is 0 Å². The third-order valence-electron chi connectivity index (χ3n) is 5.50. The van der Waals surface area contributed by atoms with E-state index >= 15 is 0 Å². The summed E-state index contributed by atoms with van der Waals surface area (Å²) in [5.41, 5.74) is 2.98. The van der Waals surface area contributed by atoms with Gasteiger partial charge in [0.15, 0.2) is 11.5 Å². The summed E-state index contributed by atoms with van der Waals surface area (Å²) in [5.74, 6) is 0.805. The van der Waals surface area contributed by atoms with E-state index in [9.17, 15) is 23.3 Å². The molecule has 4 rings (SSSR count). The third kappa shape index (κ3) is 5.70. The molecular weight excluding hydrogens is 584 g/mol. The SMILES string of the molecule is COc1ccc(N(CC(=O)N/N=C\c2cc3c(cc2Br)OCO3)S(=O)(=O)c2ccc(C)c([N+](=O)[O-])c2)cc1. The predicted octanol–water partition coefficient (Wildman–Crippen LogP) is 3.75. The Kier molecular flexibility index (Phi) is 7.83. The number of methoxy groups -OCH3 is 1. The summed E-state index contributed by atoms with van der Waals surface area (Å²) in [7, 11) is -2.94. The highest BCUT2D eigenvalue weighted by Crippen LogP contribution is 2.36. The molecule has 0 radical (unpaired) electrons. The maximum absolute atomic E-state index is 13.6. The summed E-state index contributed by atoms with van der Waals surface area (Å²) in [5, 5.41) is 15.3. The number of ether oxygens (including phenoxy) is 3. The number of halogens is 1. The molecule has 0 aliphatic carbocycles. The number of carbonyl (C=O) groups is 1. The zero-order chi connectivity index (χ0) is 27.4. The monoisotopic (exact) mass is 604 g/mol. The number of fused-ring (bicyclic) bond motifs is 1. The standard InChI is InChI=1S/C24H21BrN4O8S/c1-15-3-8-19(10-21(15)29(31)32)38(33,34)28(17-4-6-18(35-2)7-5-17)13-24(30)27-26-12-16-9-22-23(11-20(16)25)37-14-36-22/h3-12H,13-14H2,1-2H3,(H,27,30)/b26-12-. The Balaban J connectivity index is 1.60. The van der Waals surface area contributed by atoms with Gasteiger partial charge in [0.05, 0.1) is 28.8 Å². The van der Waals surface area contributed by atoms with E-state index in [1.54, 1.807) is 12.1 Å². The highest BCUT2D eigenvalue weighted by molar-refractivity contribution is 9.10. The van der Waals surface area contributed by atoms with Gasteiger partial charge in [0.25, 0.3) is 21.6 Å². The average Bonchev–Trinajstić information content (AvgIpc) is 3.34. The van der Waals surface area contributed by atoms with E-state index in [1.165, 1.54) is 56.6 Å². The minimum Gasteiger partial charge on any atom is -0.497 e. The number of benzene rings is 3. The molecule has 1 amide bonds. The van der Waals surface area contributed by atoms with Crippen molar-refractivity contribution in [3.63, 3.8) is 0 Å². The molecule has 14 heteroatoms. The van der Waals surface area contributed by atoms with Crippen molar-refractivity contribution in [3.8, 4) is 17.2 Å². The Morgan fingerprint density at radius 1 is 1.18 bits per heavy atom. The highest BCUT2D eigenvalue weighted by Gasteiger charge is 2.29. The number of sulfonamides is 1. The van der Waals surface area contributed by atoms with E-state index in [4.69, 9.17) is 14.2 Å². The molecule has 1 N–H and O–H groups in total. The summed E-state index contributed by atoms with van der Waals surface area (Å²) in [4.78, 5) is 23.2. The Labute approximate surface area is 226 Å². The van der Waals surface area contributed by atoms with Crippen LogP contribution in [0.3, 0.4) is 0 Å². The lowest BCUT2D eigenvalue weighted by Gasteiger charge is -2.24. The van der Waals surface area contributed by atoms with Crippen LogP contribution in [0.15, 0.2) is 69.1 Å². The molecular formula is C24H21BrN4O8S. The van der Waals surface area contributed by atoms with E-state index < -0.39 is 27.4 Å². The van der Waals surface area contributed by atoms with Crippen molar-refractivity contribution >= 4 is 49.4 Å². The minimum absolute atomic E-state index is 0.0961. The van der Waals surface area contributed by atoms with E-state index in [0.717, 1.165) is 10.4 Å². The molecule has 38 heavy (non-hydrogen) atoms. The van der Waals surface area contributed by atoms with Gasteiger partial charge in [-0.05, 0) is 65.3 Å². The second kappa shape index (κ2) is 11.1. The van der Waals surface area contributed by atoms with Crippen LogP contribution in [0.2, 0.25) is 0 Å². The van der Waals surface area contributed by atoms with E-state index in [1.807, 2.05) is 0 Å². The summed E-state index contributed by atoms with van der Waals surface area (Å²) < 4.78 is 44.4. The molecule has 1 aliphatic rings. The number of nitro groups is 1. The van der Waals surface area contributed by atoms with Crippen LogP contribution >= 0.6 is 15.9 Å². The number of rotatable bonds is 9. The van der Waals surface area contributed by atoms with E-state index in [-0.39, 0.29) is 23.1 Å². The summed E-state index contributed by atoms with van der Waals surface area (Å²) in [6.07, 6.45) is 1.36. The normalized spacial score (nSPS) is 12.4. The summed E-state index contributed by atoms with van der Waals surface area (Å²) in [6, 6.07) is 12.9. The molecule has 1 aliphatic heterocycles. The lowest BCUT2D eigenvalue weighted by Crippen LogP contribution is -2.39. The maximum atomic E-state index is 13.6. The molecule has 0 aromatic heterocycles. The lowest BCUT2D eigenvalue weighted by molar-refractivity contribution is -0.385. The number of hydrogen-bond acceptors (Lipinski definition) is 9. The van der Waals surface area contributed by atoms with Crippen molar-refractivity contribution < 1.29 is 32.3 Å². The van der Waals surface area contributed by atoms with Gasteiger partial charge in [0, 0.05) is 21.7 Å². The van der Waals surface area contributed by atoms with Gasteiger partial charge in [-0.25, -0.2) is 13.8 Å². The number of hydrogen-bond donors (Lipinski definition) is 1. The van der Waals surface area contributed by atoms with Gasteiger partial charge in [0.1, 0.15) is 12.3 Å². The van der Waals surface area contributed by atoms with Crippen LogP contribution < -0.4 is 23.9 Å². The second-order valence-electron chi connectivity index (χ2n) is 7.94. The average molecular weight is 605 g/mol. The predicted molar refractivity (Wildman–Crippen MR) is 141 cm³/mol. The van der Waals surface area contributed by atoms with Crippen LogP contribution in [-0.4, -0.2) is 45.9 Å². The molecule has 0 fully saturated rings. The number of aryl methyl sites for hydroxylation is 1. The molecule has 0 atom stereocenters. The van der Waals surface area contributed by atoms with Crippen molar-refractivity contribution in [1.82, 2.24) is 5.43 Å². The van der Waals surface area contributed by atoms with Crippen LogP contribution in [0.4, 0.5) is 11.4 Å². The number of amides is 1. The van der Waals surface area contributed by atoms with Crippen LogP contribution in [0.5, 0.6) is 17.2 Å². The topological polar surface area (TPSA) is 150 Å². The summed E-state index contributed by atoms with van der Waals surface area (Å²) >= 11 is 3.39. The minimum atomic E-state index is -4.39. The molecule has 3 aromatic carbocycles. The zero-order valence-corrected chi connectivity index (χ0v) is 22.5. The Hall–Kier alpha value is -4.17. The van der Waals surface area contributed by atoms with Crippen molar-refractivity contribution in [2.45, 2.75) is 11.8 Å². The van der Waals surface area contributed by atoms with Crippen molar-refractivity contribution in [2.24, 2.45) is 5.10 Å². The number of nitrogens with zero attached hydrogens (tertiary/aromatic N) is 3. The smallest absolute Gasteiger partial charge is 0.273 e. The second-order valence-corrected chi connectivity index (χ2v) is 10.7. The first-order chi connectivity index (χ1) is 18.1. The number of hydrazone groups is 1. The number of anilines is 1. The first kappa shape index (κ1) is 26.9. The lowest BCUT2D eigenvalue weighted by atomic mass is 10.2. The zero-order valence-electron chi connectivity index (χ0n) is 20.1. The highest BCUT2D eigenvalue weighted by atomic mass is 79.9. The molecule has 0 saturated heterocycles. The number of nitro benzene ring substituents is 1. The fraction of sp³-hybridized carbons (Fsp3) is 0.167. The van der Waals surface area contributed by atoms with Crippen molar-refractivity contribution in [3.05, 3.63) is 80.3 Å². The maximum Gasteiger partial charge on any atom is 0.273 e. The van der Waals surface area contributed by atoms with Gasteiger partial charge in [0.2, 0.25) is 6.79 Å². The van der Waals surface area contributed by atoms with Crippen LogP contribution in [0.25, 0.3) is 0 Å². The van der Waals surface area contributed by atoms with Gasteiger partial charge in [-0.15, -0.1) is 0 Å². The molecule has 12 nitrogen and oxygen atoms in total. The van der Waals surface area contributed by atoms with Crippen molar-refractivity contribution in [2.75, 3.05) is 24.8 Å². The molecule has 0 unspecified atom stereocenters. The van der Waals surface area contributed by atoms with Crippen LogP contribution in [0, 0.1) is 17.0 Å². The third-order valence-corrected chi connectivity index (χ3v) is 7.95. The Morgan fingerprint density at radius 2 is 1.87 bits per heavy atom. The van der Waals surface area contributed by atoms with E-state index in [0.29, 0.717) is 32.8 Å². The quantitative estimate of drug-likeness (QED) is 0.220. The molecule has 0 bridgehead atoms. The molecule has 3 aromatic rings. The fourth-order valence-corrected chi connectivity index (χ4v) is 5.37. The Bertz CT molecular complexity index is 1530. The van der Waals surface area contributed by atoms with Gasteiger partial charge in [-0.3, -0.25) is 19.2 Å². The largest absolute Gasteiger partial charge is 0.497 e. The fourth-order valence-electron chi connectivity index (χ4n) is 3.51. The van der Waals surface area contributed by atoms with Gasteiger partial charge in [-0.1, -0.05) is 6.07 Å². The summed E-state index contributed by atoms with van der Waals surface area (Å²) in [6.45, 7) is 0.939. The van der Waals surface area contributed by atoms with E-state index in [2.05, 4.69) is 26.5 Å². The Morgan fingerprint density at radius 3 is 2.53 bits per heavy atom. The number of carbonyl (C=O) groups excluding carboxylic acids is 1. The number of nitrogens with one attached hydrogen (secondary N) is 1. The molecule has 0 saturated carbocycles. The molecule has 1 heterocycles. The van der Waals surface area contributed by atoms with Gasteiger partial charge < -0.3 is 14.2 Å². The first-order valence-corrected chi connectivity index (χ1v) is 13.2.